The van der Waals surface area contributed by atoms with Gasteiger partial charge in [0, 0.05) is 0 Å². The van der Waals surface area contributed by atoms with Gasteiger partial charge in [-0.2, -0.15) is 26.3 Å². The minimum Gasteiger partial charge on any atom is -0.351 e. The quantitative estimate of drug-likeness (QED) is 0.453. The summed E-state index contributed by atoms with van der Waals surface area (Å²) in [5, 5.41) is 9.21. The first-order chi connectivity index (χ1) is 10.8. The maximum Gasteiger partial charge on any atom is 0.453 e. The average molecular weight is 358 g/mol. The van der Waals surface area contributed by atoms with E-state index < -0.39 is 30.2 Å². The molecule has 0 spiro atoms. The molecule has 4 rings (SSSR count). The van der Waals surface area contributed by atoms with Crippen LogP contribution in [0.3, 0.4) is 0 Å². The molecule has 4 bridgehead atoms. The van der Waals surface area contributed by atoms with Crippen molar-refractivity contribution in [3.05, 3.63) is 12.7 Å². The predicted octanol–water partition coefficient (Wildman–Crippen LogP) is 4.59. The van der Waals surface area contributed by atoms with Crippen LogP contribution in [0.4, 0.5) is 26.3 Å². The third-order valence-electron chi connectivity index (χ3n) is 6.02. The van der Waals surface area contributed by atoms with Gasteiger partial charge >= 0.3 is 18.1 Å². The Morgan fingerprint density at radius 3 is 1.92 bits per heavy atom. The molecule has 4 aliphatic carbocycles. The van der Waals surface area contributed by atoms with E-state index in [0.29, 0.717) is 19.3 Å². The van der Waals surface area contributed by atoms with E-state index in [2.05, 4.69) is 11.3 Å². The monoisotopic (exact) mass is 358 g/mol. The predicted molar refractivity (Wildman–Crippen MR) is 72.8 cm³/mol. The highest BCUT2D eigenvalue weighted by Crippen LogP contribution is 2.66. The molecule has 0 radical (unpaired) electrons. The molecule has 24 heavy (non-hydrogen) atoms. The minimum atomic E-state index is -5.94. The molecule has 0 heterocycles. The average Bonchev–Trinajstić information content (AvgIpc) is 2.41. The van der Waals surface area contributed by atoms with E-state index in [-0.39, 0.29) is 17.3 Å². The molecule has 0 aromatic heterocycles. The first-order valence-electron chi connectivity index (χ1n) is 7.97. The molecule has 138 valence electrons. The van der Waals surface area contributed by atoms with E-state index in [1.807, 2.05) is 0 Å². The largest absolute Gasteiger partial charge is 0.453 e. The van der Waals surface area contributed by atoms with Crippen LogP contribution in [0, 0.1) is 22.7 Å². The number of alkyl halides is 6. The lowest BCUT2D eigenvalue weighted by Gasteiger charge is -2.61. The summed E-state index contributed by atoms with van der Waals surface area (Å²) in [5.41, 5.74) is -0.967. The lowest BCUT2D eigenvalue weighted by molar-refractivity contribution is -0.462. The van der Waals surface area contributed by atoms with Gasteiger partial charge in [-0.25, -0.2) is 0 Å². The molecule has 1 N–H and O–H groups in total. The van der Waals surface area contributed by atoms with Crippen molar-refractivity contribution in [2.75, 3.05) is 6.61 Å². The zero-order chi connectivity index (χ0) is 18.0. The van der Waals surface area contributed by atoms with Gasteiger partial charge in [-0.3, -0.25) is 0 Å². The molecule has 4 fully saturated rings. The Balaban J connectivity index is 1.82. The van der Waals surface area contributed by atoms with Crippen LogP contribution in [0.15, 0.2) is 12.7 Å². The minimum absolute atomic E-state index is 0.220. The molecule has 8 heteroatoms. The summed E-state index contributed by atoms with van der Waals surface area (Å²) < 4.78 is 80.9. The standard InChI is InChI=1S/C16H20F6O2/c1-2-12-4-10-3-11(5-12)7-13(6-10,8-12)9-24-14(23,15(17,18)19)16(20,21)22/h2,10-11,23H,1,3-9H2. The summed E-state index contributed by atoms with van der Waals surface area (Å²) in [6, 6.07) is 0. The van der Waals surface area contributed by atoms with E-state index in [4.69, 9.17) is 0 Å². The molecule has 0 saturated heterocycles. The fourth-order valence-corrected chi connectivity index (χ4v) is 5.52. The third kappa shape index (κ3) is 2.66. The summed E-state index contributed by atoms with van der Waals surface area (Å²) in [6.45, 7) is 3.07. The first kappa shape index (κ1) is 18.0. The maximum atomic E-state index is 12.8. The summed E-state index contributed by atoms with van der Waals surface area (Å²) >= 11 is 0. The van der Waals surface area contributed by atoms with Crippen LogP contribution in [-0.4, -0.2) is 29.9 Å². The number of aliphatic hydroxyl groups is 1. The third-order valence-corrected chi connectivity index (χ3v) is 6.02. The fraction of sp³-hybridized carbons (Fsp3) is 0.875. The Kier molecular flexibility index (Phi) is 3.85. The first-order valence-corrected chi connectivity index (χ1v) is 7.97. The van der Waals surface area contributed by atoms with Crippen molar-refractivity contribution < 1.29 is 36.2 Å². The van der Waals surface area contributed by atoms with Crippen LogP contribution in [0.2, 0.25) is 0 Å². The number of hydrogen-bond acceptors (Lipinski definition) is 2. The molecule has 2 unspecified atom stereocenters. The number of halogens is 6. The van der Waals surface area contributed by atoms with Crippen LogP contribution >= 0.6 is 0 Å². The smallest absolute Gasteiger partial charge is 0.351 e. The van der Waals surface area contributed by atoms with E-state index >= 15 is 0 Å². The Bertz CT molecular complexity index is 496. The second-order valence-corrected chi connectivity index (χ2v) is 7.96. The molecular weight excluding hydrogens is 338 g/mol. The number of hydrogen-bond donors (Lipinski definition) is 1. The fourth-order valence-electron chi connectivity index (χ4n) is 5.52. The van der Waals surface area contributed by atoms with Crippen molar-refractivity contribution in [3.63, 3.8) is 0 Å². The van der Waals surface area contributed by atoms with Gasteiger partial charge in [0.15, 0.2) is 0 Å². The number of allylic oxidation sites excluding steroid dienone is 1. The molecule has 0 aliphatic heterocycles. The van der Waals surface area contributed by atoms with E-state index in [9.17, 15) is 31.4 Å². The van der Waals surface area contributed by atoms with Crippen molar-refractivity contribution in [2.45, 2.75) is 56.7 Å². The molecular formula is C16H20F6O2. The Morgan fingerprint density at radius 2 is 1.50 bits per heavy atom. The SMILES string of the molecule is C=CC12CC3CC(C1)CC(COC(O)(C(F)(F)F)C(F)(F)F)(C3)C2. The second kappa shape index (κ2) is 5.13. The molecule has 0 aromatic rings. The summed E-state index contributed by atoms with van der Waals surface area (Å²) in [6.07, 6.45) is -5.78. The zero-order valence-corrected chi connectivity index (χ0v) is 13.0. The van der Waals surface area contributed by atoms with Crippen molar-refractivity contribution in [3.8, 4) is 0 Å². The summed E-state index contributed by atoms with van der Waals surface area (Å²) in [4.78, 5) is 0. The van der Waals surface area contributed by atoms with Crippen molar-refractivity contribution in [2.24, 2.45) is 22.7 Å². The number of rotatable bonds is 4. The van der Waals surface area contributed by atoms with Crippen molar-refractivity contribution >= 4 is 0 Å². The van der Waals surface area contributed by atoms with Crippen LogP contribution in [0.5, 0.6) is 0 Å². The zero-order valence-electron chi connectivity index (χ0n) is 13.0. The van der Waals surface area contributed by atoms with Gasteiger partial charge < -0.3 is 9.84 Å². The molecule has 2 atom stereocenters. The van der Waals surface area contributed by atoms with E-state index in [0.717, 1.165) is 19.3 Å². The van der Waals surface area contributed by atoms with Crippen LogP contribution in [0.1, 0.15) is 38.5 Å². The summed E-state index contributed by atoms with van der Waals surface area (Å²) in [7, 11) is 0. The molecule has 0 aromatic carbocycles. The highest BCUT2D eigenvalue weighted by molar-refractivity contribution is 5.13. The lowest BCUT2D eigenvalue weighted by atomic mass is 9.44. The topological polar surface area (TPSA) is 29.5 Å². The second-order valence-electron chi connectivity index (χ2n) is 7.96. The lowest BCUT2D eigenvalue weighted by Crippen LogP contribution is -2.61. The van der Waals surface area contributed by atoms with E-state index in [1.165, 1.54) is 0 Å². The number of ether oxygens (including phenoxy) is 1. The van der Waals surface area contributed by atoms with Gasteiger partial charge in [-0.15, -0.1) is 6.58 Å². The van der Waals surface area contributed by atoms with Gasteiger partial charge in [0.2, 0.25) is 0 Å². The molecule has 4 aliphatic rings. The van der Waals surface area contributed by atoms with Gasteiger partial charge in [-0.05, 0) is 61.2 Å². The van der Waals surface area contributed by atoms with Crippen molar-refractivity contribution in [1.82, 2.24) is 0 Å². The molecule has 4 saturated carbocycles. The van der Waals surface area contributed by atoms with Crippen molar-refractivity contribution in [1.29, 1.82) is 0 Å². The highest BCUT2D eigenvalue weighted by atomic mass is 19.4. The van der Waals surface area contributed by atoms with Gasteiger partial charge in [0.1, 0.15) is 0 Å². The normalized spacial score (nSPS) is 39.3. The van der Waals surface area contributed by atoms with Gasteiger partial charge in [-0.1, -0.05) is 6.08 Å². The summed E-state index contributed by atoms with van der Waals surface area (Å²) in [5.74, 6) is -4.57. The molecule has 2 nitrogen and oxygen atoms in total. The van der Waals surface area contributed by atoms with Gasteiger partial charge in [0.05, 0.1) is 6.61 Å². The van der Waals surface area contributed by atoms with E-state index in [1.54, 1.807) is 6.08 Å². The van der Waals surface area contributed by atoms with Crippen LogP contribution in [-0.2, 0) is 4.74 Å². The van der Waals surface area contributed by atoms with Crippen LogP contribution < -0.4 is 0 Å². The Morgan fingerprint density at radius 1 is 1.00 bits per heavy atom. The molecule has 0 amide bonds. The highest BCUT2D eigenvalue weighted by Gasteiger charge is 2.73. The Labute approximate surface area is 135 Å². The van der Waals surface area contributed by atoms with Gasteiger partial charge in [0.25, 0.3) is 0 Å². The maximum absolute atomic E-state index is 12.8. The van der Waals surface area contributed by atoms with Crippen LogP contribution in [0.25, 0.3) is 0 Å². The Hall–Kier alpha value is -0.760.